The fourth-order valence-corrected chi connectivity index (χ4v) is 0. The van der Waals surface area contributed by atoms with Crippen LogP contribution >= 0.6 is 0 Å². The molecule has 0 spiro atoms. The second kappa shape index (κ2) is 6.65. The topological polar surface area (TPSA) is 49.4 Å². The standard InChI is InChI=1S/CH2O3.Au.K/c2-1(3)4;;/h(H2,2,3,4);;/q;2*+1/p-2. The molecule has 0 saturated heterocycles. The Balaban J connectivity index is 0. The van der Waals surface area contributed by atoms with Crippen molar-refractivity contribution in [1.29, 1.82) is 0 Å². The van der Waals surface area contributed by atoms with Gasteiger partial charge in [0, 0.05) is 0 Å². The smallest absolute Gasteiger partial charge is 1.00 e. The van der Waals surface area contributed by atoms with Crippen molar-refractivity contribution in [2.75, 3.05) is 0 Å². The molecule has 3 nitrogen and oxygen atoms in total. The van der Waals surface area contributed by atoms with Crippen molar-refractivity contribution in [1.82, 2.24) is 0 Å². The van der Waals surface area contributed by atoms with E-state index in [9.17, 15) is 0 Å². The van der Waals surface area contributed by atoms with Gasteiger partial charge in [-0.1, -0.05) is 0 Å². The van der Waals surface area contributed by atoms with Crippen molar-refractivity contribution in [3.63, 3.8) is 0 Å². The van der Waals surface area contributed by atoms with E-state index in [0.29, 0.717) is 0 Å². The third-order valence-corrected chi connectivity index (χ3v) is 0.411. The number of carbonyl (C=O) groups is 1. The molecular formula is CAuKO3. The van der Waals surface area contributed by atoms with E-state index in [2.05, 4.69) is 3.24 Å². The summed E-state index contributed by atoms with van der Waals surface area (Å²) < 4.78 is 3.50. The Hall–Kier alpha value is 1.65. The minimum Gasteiger partial charge on any atom is 1.00 e. The number of carbonyl (C=O) groups excluding carboxylic acids is 1. The fourth-order valence-electron chi connectivity index (χ4n) is 0. The predicted octanol–water partition coefficient (Wildman–Crippen LogP) is -4.19. The molecule has 0 bridgehead atoms. The molecule has 0 aromatic rings. The van der Waals surface area contributed by atoms with Crippen molar-refractivity contribution in [3.05, 3.63) is 0 Å². The van der Waals surface area contributed by atoms with Crippen LogP contribution in [-0.2, 0) is 24.7 Å². The van der Waals surface area contributed by atoms with Gasteiger partial charge < -0.3 is 0 Å². The van der Waals surface area contributed by atoms with Crippen LogP contribution in [0.5, 0.6) is 0 Å². The molecule has 0 radical (unpaired) electrons. The molecule has 0 aliphatic carbocycles. The van der Waals surface area contributed by atoms with Crippen LogP contribution in [0.3, 0.4) is 0 Å². The van der Waals surface area contributed by atoms with Gasteiger partial charge in [0.1, 0.15) is 0 Å². The second-order valence-corrected chi connectivity index (χ2v) is 0.754. The SMILES string of the molecule is O=C([O-])[O][Au].[K+]. The minimum absolute atomic E-state index is 0. The fraction of sp³-hybridized carbons (Fsp3) is 0. The molecule has 0 heterocycles. The van der Waals surface area contributed by atoms with Crippen LogP contribution in [0, 0.1) is 0 Å². The van der Waals surface area contributed by atoms with Gasteiger partial charge in [0.05, 0.1) is 0 Å². The summed E-state index contributed by atoms with van der Waals surface area (Å²) in [7, 11) is 0. The molecule has 34 valence electrons. The van der Waals surface area contributed by atoms with Crippen molar-refractivity contribution in [2.45, 2.75) is 0 Å². The third-order valence-electron chi connectivity index (χ3n) is 0.0503. The summed E-state index contributed by atoms with van der Waals surface area (Å²) in [6.45, 7) is 0. The molecule has 0 fully saturated rings. The Bertz CT molecular complexity index is 46.1. The van der Waals surface area contributed by atoms with Crippen LogP contribution in [0.15, 0.2) is 0 Å². The van der Waals surface area contributed by atoms with Gasteiger partial charge in [0.2, 0.25) is 0 Å². The zero-order valence-corrected chi connectivity index (χ0v) is 8.32. The van der Waals surface area contributed by atoms with E-state index in [1.807, 2.05) is 0 Å². The average Bonchev–Trinajstić information content (AvgIpc) is 1.38. The van der Waals surface area contributed by atoms with Gasteiger partial charge in [-0.05, 0) is 0 Å². The first-order chi connectivity index (χ1) is 2.27. The number of rotatable bonds is 0. The first kappa shape index (κ1) is 10.6. The minimum atomic E-state index is -1.52. The van der Waals surface area contributed by atoms with Crippen molar-refractivity contribution < 1.29 is 86.0 Å². The van der Waals surface area contributed by atoms with Crippen LogP contribution in [0.1, 0.15) is 0 Å². The summed E-state index contributed by atoms with van der Waals surface area (Å²) in [5.41, 5.74) is 0. The first-order valence-corrected chi connectivity index (χ1v) is 1.62. The van der Waals surface area contributed by atoms with Crippen molar-refractivity contribution >= 4 is 6.16 Å². The maximum atomic E-state index is 9.02. The Labute approximate surface area is 90.3 Å². The van der Waals surface area contributed by atoms with E-state index in [0.717, 1.165) is 0 Å². The Morgan fingerprint density at radius 1 is 1.83 bits per heavy atom. The molecule has 6 heavy (non-hydrogen) atoms. The van der Waals surface area contributed by atoms with Crippen molar-refractivity contribution in [3.8, 4) is 0 Å². The summed E-state index contributed by atoms with van der Waals surface area (Å²) in [6.07, 6.45) is -1.52. The summed E-state index contributed by atoms with van der Waals surface area (Å²) in [4.78, 5) is 9.02. The van der Waals surface area contributed by atoms with Crippen LogP contribution in [0.2, 0.25) is 0 Å². The van der Waals surface area contributed by atoms with E-state index < -0.39 is 6.16 Å². The van der Waals surface area contributed by atoms with Crippen LogP contribution in [-0.4, -0.2) is 6.16 Å². The van der Waals surface area contributed by atoms with Crippen LogP contribution < -0.4 is 56.5 Å². The van der Waals surface area contributed by atoms with Gasteiger partial charge in [0.25, 0.3) is 0 Å². The van der Waals surface area contributed by atoms with E-state index in [1.165, 1.54) is 21.5 Å². The Morgan fingerprint density at radius 2 is 2.00 bits per heavy atom. The quantitative estimate of drug-likeness (QED) is 0.426. The van der Waals surface area contributed by atoms with Gasteiger partial charge in [-0.3, -0.25) is 0 Å². The molecular weight excluding hydrogens is 296 g/mol. The first-order valence-electron chi connectivity index (χ1n) is 0.735. The number of hydrogen-bond donors (Lipinski definition) is 0. The van der Waals surface area contributed by atoms with Gasteiger partial charge >= 0.3 is 92.1 Å². The summed E-state index contributed by atoms with van der Waals surface area (Å²) >= 11 is 1.37. The Morgan fingerprint density at radius 3 is 2.00 bits per heavy atom. The van der Waals surface area contributed by atoms with Crippen molar-refractivity contribution in [2.24, 2.45) is 0 Å². The molecule has 5 heteroatoms. The molecule has 0 aliphatic heterocycles. The van der Waals surface area contributed by atoms with Crippen LogP contribution in [0.25, 0.3) is 0 Å². The molecule has 0 atom stereocenters. The average molecular weight is 296 g/mol. The summed E-state index contributed by atoms with van der Waals surface area (Å²) in [5, 5.41) is 9.02. The van der Waals surface area contributed by atoms with E-state index in [-0.39, 0.29) is 51.4 Å². The third kappa shape index (κ3) is 9.17. The van der Waals surface area contributed by atoms with E-state index in [4.69, 9.17) is 9.90 Å². The molecule has 0 amide bonds. The number of hydrogen-bond acceptors (Lipinski definition) is 3. The predicted molar refractivity (Wildman–Crippen MR) is 6.48 cm³/mol. The van der Waals surface area contributed by atoms with Gasteiger partial charge in [-0.15, -0.1) is 0 Å². The van der Waals surface area contributed by atoms with Gasteiger partial charge in [-0.25, -0.2) is 0 Å². The van der Waals surface area contributed by atoms with Gasteiger partial charge in [-0.2, -0.15) is 0 Å². The molecule has 0 saturated carbocycles. The second-order valence-electron chi connectivity index (χ2n) is 0.312. The van der Waals surface area contributed by atoms with Crippen LogP contribution in [0.4, 0.5) is 4.79 Å². The maximum absolute atomic E-state index is 9.02. The summed E-state index contributed by atoms with van der Waals surface area (Å²) in [5.74, 6) is 0. The Kier molecular flexibility index (Phi) is 11.7. The molecule has 0 N–H and O–H groups in total. The zero-order valence-electron chi connectivity index (χ0n) is 3.03. The maximum Gasteiger partial charge on any atom is 1.00 e. The summed E-state index contributed by atoms with van der Waals surface area (Å²) in [6, 6.07) is 0. The largest absolute Gasteiger partial charge is 1.00 e. The zero-order chi connectivity index (χ0) is 4.28. The van der Waals surface area contributed by atoms with E-state index in [1.54, 1.807) is 0 Å². The monoisotopic (exact) mass is 296 g/mol. The molecule has 0 rings (SSSR count). The van der Waals surface area contributed by atoms with E-state index >= 15 is 0 Å². The molecule has 0 unspecified atom stereocenters. The molecule has 0 aliphatic rings. The number of carboxylic acid groups (broad SMARTS) is 1. The van der Waals surface area contributed by atoms with Gasteiger partial charge in [0.15, 0.2) is 0 Å². The normalized spacial score (nSPS) is 5.67. The molecule has 0 aromatic heterocycles. The molecule has 0 aromatic carbocycles.